The quantitative estimate of drug-likeness (QED) is 0.808. The molecule has 0 N–H and O–H groups in total. The van der Waals surface area contributed by atoms with E-state index in [1.54, 1.807) is 0 Å². The number of fused-ring (bicyclic) bond motifs is 1. The average molecular weight is 369 g/mol. The van der Waals surface area contributed by atoms with Crippen LogP contribution in [0.1, 0.15) is 43.8 Å². The van der Waals surface area contributed by atoms with E-state index in [4.69, 9.17) is 5.10 Å². The fourth-order valence-electron chi connectivity index (χ4n) is 4.58. The maximum Gasteiger partial charge on any atom is 0.239 e. The summed E-state index contributed by atoms with van der Waals surface area (Å²) in [6.45, 7) is 4.93. The fourth-order valence-corrected chi connectivity index (χ4v) is 4.58. The summed E-state index contributed by atoms with van der Waals surface area (Å²) in [5.41, 5.74) is 0.820. The van der Waals surface area contributed by atoms with Crippen molar-refractivity contribution in [2.45, 2.75) is 44.1 Å². The second-order valence-electron chi connectivity index (χ2n) is 8.09. The molecule has 1 unspecified atom stereocenters. The van der Waals surface area contributed by atoms with E-state index in [0.29, 0.717) is 5.92 Å². The van der Waals surface area contributed by atoms with Crippen molar-refractivity contribution in [2.75, 3.05) is 44.7 Å². The van der Waals surface area contributed by atoms with Gasteiger partial charge in [0, 0.05) is 32.6 Å². The third-order valence-corrected chi connectivity index (χ3v) is 6.42. The van der Waals surface area contributed by atoms with E-state index in [9.17, 15) is 4.79 Å². The Morgan fingerprint density at radius 3 is 2.52 bits per heavy atom. The number of piperidine rings is 2. The first-order valence-electron chi connectivity index (χ1n) is 10.2. The maximum absolute atomic E-state index is 12.5. The monoisotopic (exact) mass is 369 g/mol. The highest BCUT2D eigenvalue weighted by molar-refractivity contribution is 5.82. The summed E-state index contributed by atoms with van der Waals surface area (Å²) in [5, 5.41) is 13.6. The molecule has 2 aromatic rings. The van der Waals surface area contributed by atoms with E-state index < -0.39 is 0 Å². The SMILES string of the molecule is CN1CCCC(N2CCC(c3nnc4ccc(N5CCC5)nn34)CC2)C1=O. The highest BCUT2D eigenvalue weighted by atomic mass is 16.2. The van der Waals surface area contributed by atoms with E-state index in [1.165, 1.54) is 6.42 Å². The van der Waals surface area contributed by atoms with Gasteiger partial charge in [-0.25, -0.2) is 0 Å². The number of hydrogen-bond donors (Lipinski definition) is 0. The Balaban J connectivity index is 1.31. The van der Waals surface area contributed by atoms with Crippen LogP contribution in [0.15, 0.2) is 12.1 Å². The second kappa shape index (κ2) is 6.74. The molecule has 0 radical (unpaired) electrons. The topological polar surface area (TPSA) is 69.9 Å². The first-order chi connectivity index (χ1) is 13.2. The summed E-state index contributed by atoms with van der Waals surface area (Å²) in [6, 6.07) is 4.12. The molecule has 144 valence electrons. The maximum atomic E-state index is 12.5. The van der Waals surface area contributed by atoms with Crippen LogP contribution in [0, 0.1) is 0 Å². The molecule has 3 saturated heterocycles. The minimum atomic E-state index is 0.0657. The number of amides is 1. The zero-order valence-corrected chi connectivity index (χ0v) is 15.9. The molecule has 3 fully saturated rings. The van der Waals surface area contributed by atoms with Gasteiger partial charge in [0.25, 0.3) is 0 Å². The standard InChI is InChI=1S/C19H27N7O/c1-23-9-2-4-15(19(23)27)24-12-7-14(8-13-24)18-21-20-16-5-6-17(22-26(16)18)25-10-3-11-25/h5-6,14-15H,2-4,7-13H2,1H3. The summed E-state index contributed by atoms with van der Waals surface area (Å²) in [4.78, 5) is 19.0. The molecule has 0 bridgehead atoms. The Morgan fingerprint density at radius 2 is 1.78 bits per heavy atom. The van der Waals surface area contributed by atoms with Crippen LogP contribution in [0.25, 0.3) is 5.65 Å². The van der Waals surface area contributed by atoms with Crippen molar-refractivity contribution >= 4 is 17.4 Å². The van der Waals surface area contributed by atoms with Gasteiger partial charge >= 0.3 is 0 Å². The lowest BCUT2D eigenvalue weighted by Gasteiger charge is -2.40. The highest BCUT2D eigenvalue weighted by Crippen LogP contribution is 2.30. The third-order valence-electron chi connectivity index (χ3n) is 6.42. The molecule has 0 aliphatic carbocycles. The van der Waals surface area contributed by atoms with Crippen molar-refractivity contribution in [3.8, 4) is 0 Å². The molecule has 2 aromatic heterocycles. The van der Waals surface area contributed by atoms with Crippen molar-refractivity contribution in [3.05, 3.63) is 18.0 Å². The molecule has 0 aromatic carbocycles. The number of rotatable bonds is 3. The number of carbonyl (C=O) groups is 1. The minimum absolute atomic E-state index is 0.0657. The molecule has 0 saturated carbocycles. The van der Waals surface area contributed by atoms with E-state index in [2.05, 4.69) is 20.0 Å². The van der Waals surface area contributed by atoms with E-state index in [-0.39, 0.29) is 11.9 Å². The predicted octanol–water partition coefficient (Wildman–Crippen LogP) is 1.13. The first kappa shape index (κ1) is 16.9. The Hall–Kier alpha value is -2.22. The van der Waals surface area contributed by atoms with Gasteiger partial charge in [-0.15, -0.1) is 15.3 Å². The van der Waals surface area contributed by atoms with Crippen LogP contribution >= 0.6 is 0 Å². The Morgan fingerprint density at radius 1 is 0.963 bits per heavy atom. The van der Waals surface area contributed by atoms with Gasteiger partial charge in [-0.05, 0) is 57.3 Å². The number of likely N-dealkylation sites (N-methyl/N-ethyl adjacent to an activating group) is 1. The van der Waals surface area contributed by atoms with Crippen LogP contribution in [-0.2, 0) is 4.79 Å². The summed E-state index contributed by atoms with van der Waals surface area (Å²) in [5.74, 6) is 2.63. The van der Waals surface area contributed by atoms with Crippen molar-refractivity contribution in [2.24, 2.45) is 0 Å². The van der Waals surface area contributed by atoms with Crippen LogP contribution in [-0.4, -0.2) is 81.3 Å². The van der Waals surface area contributed by atoms with Crippen LogP contribution in [0.3, 0.4) is 0 Å². The zero-order chi connectivity index (χ0) is 18.4. The lowest BCUT2D eigenvalue weighted by atomic mass is 9.93. The summed E-state index contributed by atoms with van der Waals surface area (Å²) in [7, 11) is 1.92. The second-order valence-corrected chi connectivity index (χ2v) is 8.09. The number of likely N-dealkylation sites (tertiary alicyclic amines) is 2. The van der Waals surface area contributed by atoms with Gasteiger partial charge in [0.2, 0.25) is 5.91 Å². The summed E-state index contributed by atoms with van der Waals surface area (Å²) >= 11 is 0. The van der Waals surface area contributed by atoms with Crippen molar-refractivity contribution < 1.29 is 4.79 Å². The van der Waals surface area contributed by atoms with Crippen LogP contribution in [0.4, 0.5) is 5.82 Å². The van der Waals surface area contributed by atoms with E-state index in [0.717, 1.165) is 75.7 Å². The van der Waals surface area contributed by atoms with Gasteiger partial charge in [0.15, 0.2) is 11.5 Å². The molecule has 5 heterocycles. The molecule has 8 nitrogen and oxygen atoms in total. The van der Waals surface area contributed by atoms with Gasteiger partial charge in [0.1, 0.15) is 5.82 Å². The number of anilines is 1. The van der Waals surface area contributed by atoms with Crippen molar-refractivity contribution in [1.29, 1.82) is 0 Å². The molecular formula is C19H27N7O. The summed E-state index contributed by atoms with van der Waals surface area (Å²) in [6.07, 6.45) is 5.34. The van der Waals surface area contributed by atoms with Crippen LogP contribution < -0.4 is 4.90 Å². The molecule has 5 rings (SSSR count). The predicted molar refractivity (Wildman–Crippen MR) is 102 cm³/mol. The smallest absolute Gasteiger partial charge is 0.239 e. The molecule has 1 atom stereocenters. The highest BCUT2D eigenvalue weighted by Gasteiger charge is 2.35. The van der Waals surface area contributed by atoms with Gasteiger partial charge < -0.3 is 9.80 Å². The van der Waals surface area contributed by atoms with Crippen molar-refractivity contribution in [3.63, 3.8) is 0 Å². The van der Waals surface area contributed by atoms with Gasteiger partial charge in [-0.1, -0.05) is 0 Å². The number of hydrogen-bond acceptors (Lipinski definition) is 6. The Kier molecular flexibility index (Phi) is 4.22. The molecule has 3 aliphatic rings. The molecule has 8 heteroatoms. The van der Waals surface area contributed by atoms with Gasteiger partial charge in [0.05, 0.1) is 6.04 Å². The van der Waals surface area contributed by atoms with Gasteiger partial charge in [-0.3, -0.25) is 9.69 Å². The third kappa shape index (κ3) is 2.96. The number of carbonyl (C=O) groups excluding carboxylic acids is 1. The molecular weight excluding hydrogens is 342 g/mol. The summed E-state index contributed by atoms with van der Waals surface area (Å²) < 4.78 is 1.94. The first-order valence-corrected chi connectivity index (χ1v) is 10.2. The minimum Gasteiger partial charge on any atom is -0.355 e. The van der Waals surface area contributed by atoms with Gasteiger partial charge in [-0.2, -0.15) is 4.52 Å². The van der Waals surface area contributed by atoms with E-state index >= 15 is 0 Å². The lowest BCUT2D eigenvalue weighted by molar-refractivity contribution is -0.139. The lowest BCUT2D eigenvalue weighted by Crippen LogP contribution is -2.53. The van der Waals surface area contributed by atoms with Crippen LogP contribution in [0.2, 0.25) is 0 Å². The molecule has 27 heavy (non-hydrogen) atoms. The van der Waals surface area contributed by atoms with Crippen LogP contribution in [0.5, 0.6) is 0 Å². The number of nitrogens with zero attached hydrogens (tertiary/aromatic N) is 7. The largest absolute Gasteiger partial charge is 0.355 e. The van der Waals surface area contributed by atoms with Crippen molar-refractivity contribution in [1.82, 2.24) is 29.6 Å². The molecule has 0 spiro atoms. The fraction of sp³-hybridized carbons (Fsp3) is 0.684. The Labute approximate surface area is 159 Å². The Bertz CT molecular complexity index is 838. The van der Waals surface area contributed by atoms with E-state index in [1.807, 2.05) is 28.6 Å². The average Bonchev–Trinajstić information content (AvgIpc) is 3.06. The zero-order valence-electron chi connectivity index (χ0n) is 15.9. The number of aromatic nitrogens is 4. The normalized spacial score (nSPS) is 25.2. The molecule has 3 aliphatic heterocycles. The molecule has 1 amide bonds.